The van der Waals surface area contributed by atoms with E-state index >= 15 is 0 Å². The van der Waals surface area contributed by atoms with Crippen molar-refractivity contribution in [2.45, 2.75) is 6.61 Å². The number of nitrogens with zero attached hydrogens (tertiary/aromatic N) is 1. The molecule has 0 atom stereocenters. The zero-order chi connectivity index (χ0) is 14.4. The van der Waals surface area contributed by atoms with Crippen molar-refractivity contribution in [2.24, 2.45) is 0 Å². The van der Waals surface area contributed by atoms with Crippen LogP contribution in [0.1, 0.15) is 11.1 Å². The summed E-state index contributed by atoms with van der Waals surface area (Å²) in [7, 11) is 0. The van der Waals surface area contributed by atoms with Gasteiger partial charge in [-0.1, -0.05) is 35.3 Å². The molecule has 0 aliphatic heterocycles. The molecule has 5 heteroatoms. The molecular weight excluding hydrogens is 297 g/mol. The van der Waals surface area contributed by atoms with Crippen LogP contribution >= 0.6 is 23.2 Å². The van der Waals surface area contributed by atoms with Crippen LogP contribution in [0, 0.1) is 0 Å². The van der Waals surface area contributed by atoms with Crippen molar-refractivity contribution in [3.8, 4) is 0 Å². The number of rotatable bonds is 4. The van der Waals surface area contributed by atoms with Crippen molar-refractivity contribution < 1.29 is 9.53 Å². The molecule has 0 aliphatic rings. The summed E-state index contributed by atoms with van der Waals surface area (Å²) in [5, 5.41) is 1.02. The SMILES string of the molecule is O=C(C=Cc1ccc(Cl)cc1)OCc1ccnc(Cl)c1. The van der Waals surface area contributed by atoms with E-state index in [0.717, 1.165) is 11.1 Å². The van der Waals surface area contributed by atoms with E-state index in [9.17, 15) is 4.79 Å². The van der Waals surface area contributed by atoms with Crippen LogP contribution in [-0.2, 0) is 16.1 Å². The van der Waals surface area contributed by atoms with E-state index in [-0.39, 0.29) is 6.61 Å². The van der Waals surface area contributed by atoms with Gasteiger partial charge in [-0.3, -0.25) is 0 Å². The lowest BCUT2D eigenvalue weighted by Crippen LogP contribution is -2.00. The van der Waals surface area contributed by atoms with Crippen LogP contribution in [0.15, 0.2) is 48.7 Å². The molecule has 0 bridgehead atoms. The molecule has 0 fully saturated rings. The molecule has 20 heavy (non-hydrogen) atoms. The number of ether oxygens (including phenoxy) is 1. The van der Waals surface area contributed by atoms with Gasteiger partial charge in [0.15, 0.2) is 0 Å². The molecule has 1 aromatic carbocycles. The number of hydrogen-bond donors (Lipinski definition) is 0. The monoisotopic (exact) mass is 307 g/mol. The predicted molar refractivity (Wildman–Crippen MR) is 79.5 cm³/mol. The first kappa shape index (κ1) is 14.6. The van der Waals surface area contributed by atoms with Gasteiger partial charge in [0.25, 0.3) is 0 Å². The average Bonchev–Trinajstić information content (AvgIpc) is 2.45. The number of benzene rings is 1. The first-order valence-corrected chi connectivity index (χ1v) is 6.60. The Labute approximate surface area is 126 Å². The van der Waals surface area contributed by atoms with Gasteiger partial charge in [-0.15, -0.1) is 0 Å². The Kier molecular flexibility index (Phi) is 5.16. The molecular formula is C15H11Cl2NO2. The second-order valence-corrected chi connectivity index (χ2v) is 4.80. The van der Waals surface area contributed by atoms with Crippen molar-refractivity contribution in [1.29, 1.82) is 0 Å². The molecule has 0 N–H and O–H groups in total. The van der Waals surface area contributed by atoms with Crippen molar-refractivity contribution >= 4 is 35.2 Å². The van der Waals surface area contributed by atoms with E-state index in [1.54, 1.807) is 36.5 Å². The Morgan fingerprint density at radius 1 is 1.20 bits per heavy atom. The number of esters is 1. The first-order chi connectivity index (χ1) is 9.63. The van der Waals surface area contributed by atoms with Crippen molar-refractivity contribution in [3.05, 3.63) is 70.0 Å². The molecule has 1 aromatic heterocycles. The third-order valence-corrected chi connectivity index (χ3v) is 2.91. The fraction of sp³-hybridized carbons (Fsp3) is 0.0667. The highest BCUT2D eigenvalue weighted by Gasteiger charge is 2.00. The molecule has 2 aromatic rings. The van der Waals surface area contributed by atoms with Crippen LogP contribution in [0.25, 0.3) is 6.08 Å². The van der Waals surface area contributed by atoms with Gasteiger partial charge in [0.05, 0.1) is 0 Å². The van der Waals surface area contributed by atoms with E-state index in [1.165, 1.54) is 6.08 Å². The molecule has 0 aliphatic carbocycles. The number of halogens is 2. The van der Waals surface area contributed by atoms with Gasteiger partial charge < -0.3 is 4.74 Å². The number of aromatic nitrogens is 1. The van der Waals surface area contributed by atoms with Gasteiger partial charge in [0.2, 0.25) is 0 Å². The van der Waals surface area contributed by atoms with Gasteiger partial charge in [0, 0.05) is 17.3 Å². The summed E-state index contributed by atoms with van der Waals surface area (Å²) in [5.41, 5.74) is 1.66. The molecule has 0 spiro atoms. The first-order valence-electron chi connectivity index (χ1n) is 5.84. The lowest BCUT2D eigenvalue weighted by atomic mass is 10.2. The van der Waals surface area contributed by atoms with Crippen molar-refractivity contribution in [1.82, 2.24) is 4.98 Å². The molecule has 0 radical (unpaired) electrons. The Hall–Kier alpha value is -1.84. The van der Waals surface area contributed by atoms with E-state index in [4.69, 9.17) is 27.9 Å². The van der Waals surface area contributed by atoms with E-state index in [1.807, 2.05) is 12.1 Å². The van der Waals surface area contributed by atoms with Crippen LogP contribution < -0.4 is 0 Å². The normalized spacial score (nSPS) is 10.7. The van der Waals surface area contributed by atoms with Crippen LogP contribution in [-0.4, -0.2) is 11.0 Å². The van der Waals surface area contributed by atoms with Crippen LogP contribution in [0.3, 0.4) is 0 Å². The minimum Gasteiger partial charge on any atom is -0.458 e. The third-order valence-electron chi connectivity index (χ3n) is 2.45. The Bertz CT molecular complexity index is 624. The summed E-state index contributed by atoms with van der Waals surface area (Å²) in [6.07, 6.45) is 4.60. The zero-order valence-electron chi connectivity index (χ0n) is 10.4. The fourth-order valence-corrected chi connectivity index (χ4v) is 1.80. The molecule has 0 saturated heterocycles. The number of carbonyl (C=O) groups excluding carboxylic acids is 1. The molecule has 0 amide bonds. The molecule has 2 rings (SSSR count). The highest BCUT2D eigenvalue weighted by atomic mass is 35.5. The maximum Gasteiger partial charge on any atom is 0.331 e. The summed E-state index contributed by atoms with van der Waals surface area (Å²) in [4.78, 5) is 15.4. The summed E-state index contributed by atoms with van der Waals surface area (Å²) in [5.74, 6) is -0.423. The van der Waals surface area contributed by atoms with Crippen LogP contribution in [0.2, 0.25) is 10.2 Å². The number of carbonyl (C=O) groups is 1. The maximum atomic E-state index is 11.6. The molecule has 3 nitrogen and oxygen atoms in total. The molecule has 0 unspecified atom stereocenters. The van der Waals surface area contributed by atoms with E-state index in [0.29, 0.717) is 10.2 Å². The highest BCUT2D eigenvalue weighted by Crippen LogP contribution is 2.11. The Balaban J connectivity index is 1.88. The van der Waals surface area contributed by atoms with Gasteiger partial charge >= 0.3 is 5.97 Å². The average molecular weight is 308 g/mol. The largest absolute Gasteiger partial charge is 0.458 e. The van der Waals surface area contributed by atoms with Crippen LogP contribution in [0.4, 0.5) is 0 Å². The second-order valence-electron chi connectivity index (χ2n) is 3.98. The van der Waals surface area contributed by atoms with Gasteiger partial charge in [-0.25, -0.2) is 9.78 Å². The lowest BCUT2D eigenvalue weighted by molar-refractivity contribution is -0.138. The Morgan fingerprint density at radius 3 is 2.65 bits per heavy atom. The topological polar surface area (TPSA) is 39.2 Å². The van der Waals surface area contributed by atoms with Gasteiger partial charge in [-0.05, 0) is 41.5 Å². The standard InChI is InChI=1S/C15H11Cl2NO2/c16-13-4-1-11(2-5-13)3-6-15(19)20-10-12-7-8-18-14(17)9-12/h1-9H,10H2. The molecule has 1 heterocycles. The summed E-state index contributed by atoms with van der Waals surface area (Å²) in [6, 6.07) is 10.5. The van der Waals surface area contributed by atoms with Crippen molar-refractivity contribution in [2.75, 3.05) is 0 Å². The zero-order valence-corrected chi connectivity index (χ0v) is 11.9. The highest BCUT2D eigenvalue weighted by molar-refractivity contribution is 6.30. The molecule has 0 saturated carbocycles. The second kappa shape index (κ2) is 7.08. The lowest BCUT2D eigenvalue weighted by Gasteiger charge is -2.02. The van der Waals surface area contributed by atoms with E-state index in [2.05, 4.69) is 4.98 Å². The van der Waals surface area contributed by atoms with Crippen molar-refractivity contribution in [3.63, 3.8) is 0 Å². The predicted octanol–water partition coefficient (Wildman–Crippen LogP) is 4.15. The smallest absolute Gasteiger partial charge is 0.331 e. The third kappa shape index (κ3) is 4.68. The fourth-order valence-electron chi connectivity index (χ4n) is 1.47. The van der Waals surface area contributed by atoms with Gasteiger partial charge in [-0.2, -0.15) is 0 Å². The van der Waals surface area contributed by atoms with Crippen LogP contribution in [0.5, 0.6) is 0 Å². The van der Waals surface area contributed by atoms with E-state index < -0.39 is 5.97 Å². The minimum absolute atomic E-state index is 0.159. The quantitative estimate of drug-likeness (QED) is 0.484. The molecule has 102 valence electrons. The summed E-state index contributed by atoms with van der Waals surface area (Å²) >= 11 is 11.5. The van der Waals surface area contributed by atoms with Gasteiger partial charge in [0.1, 0.15) is 11.8 Å². The minimum atomic E-state index is -0.423. The number of pyridine rings is 1. The number of hydrogen-bond acceptors (Lipinski definition) is 3. The maximum absolute atomic E-state index is 11.6. The Morgan fingerprint density at radius 2 is 1.95 bits per heavy atom. The summed E-state index contributed by atoms with van der Waals surface area (Å²) < 4.78 is 5.09. The summed E-state index contributed by atoms with van der Waals surface area (Å²) in [6.45, 7) is 0.159.